The van der Waals surface area contributed by atoms with Crippen molar-refractivity contribution >= 4 is 16.7 Å². The molecule has 1 amide bonds. The minimum Gasteiger partial charge on any atom is -0.352 e. The monoisotopic (exact) mass is 446 g/mol. The Labute approximate surface area is 201 Å². The average molecular weight is 447 g/mol. The third-order valence-electron chi connectivity index (χ3n) is 7.49. The van der Waals surface area contributed by atoms with Crippen molar-refractivity contribution in [3.8, 4) is 11.1 Å². The van der Waals surface area contributed by atoms with Crippen LogP contribution in [-0.2, 0) is 19.4 Å². The van der Waals surface area contributed by atoms with Crippen LogP contribution in [0.2, 0.25) is 0 Å². The molecule has 1 atom stereocenters. The second kappa shape index (κ2) is 9.08. The second-order valence-corrected chi connectivity index (χ2v) is 9.66. The Bertz CT molecular complexity index is 1370. The number of carbonyl (C=O) groups is 1. The molecule has 0 fully saturated rings. The summed E-state index contributed by atoms with van der Waals surface area (Å²) in [6.45, 7) is 1.67. The van der Waals surface area contributed by atoms with Gasteiger partial charge in [-0.15, -0.1) is 0 Å². The Morgan fingerprint density at radius 3 is 2.65 bits per heavy atom. The maximum Gasteiger partial charge on any atom is 0.251 e. The van der Waals surface area contributed by atoms with Crippen molar-refractivity contribution in [1.29, 1.82) is 0 Å². The van der Waals surface area contributed by atoms with Gasteiger partial charge in [0.05, 0.1) is 0 Å². The van der Waals surface area contributed by atoms with Gasteiger partial charge in [-0.25, -0.2) is 0 Å². The summed E-state index contributed by atoms with van der Waals surface area (Å²) in [6.07, 6.45) is 5.28. The maximum atomic E-state index is 12.8. The molecule has 0 radical (unpaired) electrons. The predicted molar refractivity (Wildman–Crippen MR) is 139 cm³/mol. The zero-order chi connectivity index (χ0) is 22.9. The van der Waals surface area contributed by atoms with Gasteiger partial charge in [0.15, 0.2) is 0 Å². The van der Waals surface area contributed by atoms with E-state index in [1.807, 2.05) is 6.07 Å². The third kappa shape index (κ3) is 4.01. The van der Waals surface area contributed by atoms with Crippen LogP contribution in [0, 0.1) is 0 Å². The molecule has 0 saturated carbocycles. The summed E-state index contributed by atoms with van der Waals surface area (Å²) in [5.74, 6) is 0.0309. The lowest BCUT2D eigenvalue weighted by molar-refractivity contribution is 0.0953. The van der Waals surface area contributed by atoms with E-state index >= 15 is 0 Å². The van der Waals surface area contributed by atoms with E-state index in [4.69, 9.17) is 0 Å². The van der Waals surface area contributed by atoms with Crippen LogP contribution in [-0.4, -0.2) is 18.5 Å². The standard InChI is InChI=1S/C31H30N2O/c34-31(24-14-13-23-17-22-8-2-4-11-28(22)29(23)18-24)32-16-6-5-9-26-19-30-25(20-33-26)15-12-21-7-1-3-10-27(21)30/h1-4,7-8,10-15,18,26,33H,5-6,9,16-17,19-20H2,(H,32,34). The number of carbonyl (C=O) groups excluding carboxylic acids is 1. The zero-order valence-corrected chi connectivity index (χ0v) is 19.4. The Balaban J connectivity index is 1.01. The summed E-state index contributed by atoms with van der Waals surface area (Å²) in [5, 5.41) is 9.57. The first-order valence-electron chi connectivity index (χ1n) is 12.5. The number of nitrogens with one attached hydrogen (secondary N) is 2. The van der Waals surface area contributed by atoms with E-state index in [0.29, 0.717) is 6.04 Å². The number of rotatable bonds is 6. The summed E-state index contributed by atoms with van der Waals surface area (Å²) in [4.78, 5) is 12.8. The highest BCUT2D eigenvalue weighted by Gasteiger charge is 2.21. The minimum atomic E-state index is 0.0309. The van der Waals surface area contributed by atoms with Crippen molar-refractivity contribution in [2.75, 3.05) is 6.54 Å². The smallest absolute Gasteiger partial charge is 0.251 e. The van der Waals surface area contributed by atoms with E-state index in [-0.39, 0.29) is 5.91 Å². The van der Waals surface area contributed by atoms with Crippen molar-refractivity contribution in [3.05, 3.63) is 107 Å². The van der Waals surface area contributed by atoms with Gasteiger partial charge in [0.2, 0.25) is 0 Å². The van der Waals surface area contributed by atoms with Crippen LogP contribution in [0.3, 0.4) is 0 Å². The number of benzene rings is 4. The SMILES string of the molecule is O=C(NCCCCC1Cc2c(ccc3ccccc23)CN1)c1ccc2c(c1)-c1ccccc1C2. The van der Waals surface area contributed by atoms with E-state index in [9.17, 15) is 4.79 Å². The number of fused-ring (bicyclic) bond motifs is 6. The molecule has 3 nitrogen and oxygen atoms in total. The van der Waals surface area contributed by atoms with Gasteiger partial charge in [0, 0.05) is 24.7 Å². The highest BCUT2D eigenvalue weighted by Crippen LogP contribution is 2.36. The molecule has 0 spiro atoms. The van der Waals surface area contributed by atoms with Gasteiger partial charge in [0.25, 0.3) is 5.91 Å². The van der Waals surface area contributed by atoms with Gasteiger partial charge in [-0.3, -0.25) is 4.79 Å². The lowest BCUT2D eigenvalue weighted by Crippen LogP contribution is -2.35. The zero-order valence-electron chi connectivity index (χ0n) is 19.4. The second-order valence-electron chi connectivity index (χ2n) is 9.66. The van der Waals surface area contributed by atoms with Crippen molar-refractivity contribution in [2.24, 2.45) is 0 Å². The topological polar surface area (TPSA) is 41.1 Å². The van der Waals surface area contributed by atoms with Crippen LogP contribution in [0.5, 0.6) is 0 Å². The van der Waals surface area contributed by atoms with E-state index in [0.717, 1.165) is 50.8 Å². The van der Waals surface area contributed by atoms with Gasteiger partial charge in [-0.2, -0.15) is 0 Å². The minimum absolute atomic E-state index is 0.0309. The van der Waals surface area contributed by atoms with Gasteiger partial charge < -0.3 is 10.6 Å². The fourth-order valence-corrected chi connectivity index (χ4v) is 5.65. The molecular weight excluding hydrogens is 416 g/mol. The quantitative estimate of drug-likeness (QED) is 0.313. The Morgan fingerprint density at radius 1 is 0.853 bits per heavy atom. The molecule has 0 aromatic heterocycles. The van der Waals surface area contributed by atoms with Gasteiger partial charge in [-0.1, -0.05) is 73.2 Å². The van der Waals surface area contributed by atoms with E-state index in [1.54, 1.807) is 0 Å². The summed E-state index contributed by atoms with van der Waals surface area (Å²) >= 11 is 0. The summed E-state index contributed by atoms with van der Waals surface area (Å²) in [6, 6.07) is 28.4. The first-order chi connectivity index (χ1) is 16.8. The van der Waals surface area contributed by atoms with Gasteiger partial charge >= 0.3 is 0 Å². The van der Waals surface area contributed by atoms with Crippen LogP contribution >= 0.6 is 0 Å². The number of unbranched alkanes of at least 4 members (excludes halogenated alkanes) is 1. The Hall–Kier alpha value is -3.43. The highest BCUT2D eigenvalue weighted by atomic mass is 16.1. The van der Waals surface area contributed by atoms with Crippen LogP contribution in [0.1, 0.15) is 51.9 Å². The molecule has 1 heterocycles. The molecule has 3 heteroatoms. The first-order valence-corrected chi connectivity index (χ1v) is 12.5. The molecule has 1 unspecified atom stereocenters. The predicted octanol–water partition coefficient (Wildman–Crippen LogP) is 6.03. The van der Waals surface area contributed by atoms with Crippen LogP contribution in [0.4, 0.5) is 0 Å². The van der Waals surface area contributed by atoms with E-state index in [1.165, 1.54) is 44.2 Å². The van der Waals surface area contributed by atoms with Crippen molar-refractivity contribution < 1.29 is 4.79 Å². The van der Waals surface area contributed by atoms with Crippen LogP contribution in [0.15, 0.2) is 78.9 Å². The average Bonchev–Trinajstić information content (AvgIpc) is 3.26. The Morgan fingerprint density at radius 2 is 1.68 bits per heavy atom. The maximum absolute atomic E-state index is 12.8. The molecule has 4 aromatic rings. The molecule has 2 N–H and O–H groups in total. The molecule has 0 bridgehead atoms. The van der Waals surface area contributed by atoms with E-state index < -0.39 is 0 Å². The van der Waals surface area contributed by atoms with E-state index in [2.05, 4.69) is 83.4 Å². The van der Waals surface area contributed by atoms with Gasteiger partial charge in [-0.05, 0) is 82.0 Å². The summed E-state index contributed by atoms with van der Waals surface area (Å²) in [5.41, 5.74) is 8.83. The lowest BCUT2D eigenvalue weighted by Gasteiger charge is -2.27. The molecule has 170 valence electrons. The molecular formula is C31H30N2O. The fraction of sp³-hybridized carbons (Fsp3) is 0.258. The molecule has 34 heavy (non-hydrogen) atoms. The Kier molecular flexibility index (Phi) is 5.64. The molecule has 6 rings (SSSR count). The molecule has 0 saturated heterocycles. The third-order valence-corrected chi connectivity index (χ3v) is 7.49. The number of hydrogen-bond acceptors (Lipinski definition) is 2. The van der Waals surface area contributed by atoms with Crippen LogP contribution < -0.4 is 10.6 Å². The summed E-state index contributed by atoms with van der Waals surface area (Å²) in [7, 11) is 0. The summed E-state index contributed by atoms with van der Waals surface area (Å²) < 4.78 is 0. The molecule has 1 aliphatic carbocycles. The molecule has 2 aliphatic rings. The normalized spacial score (nSPS) is 16.1. The largest absolute Gasteiger partial charge is 0.352 e. The van der Waals surface area contributed by atoms with Crippen molar-refractivity contribution in [2.45, 2.75) is 44.7 Å². The molecule has 4 aromatic carbocycles. The fourth-order valence-electron chi connectivity index (χ4n) is 5.65. The first kappa shape index (κ1) is 21.1. The van der Waals surface area contributed by atoms with Crippen LogP contribution in [0.25, 0.3) is 21.9 Å². The van der Waals surface area contributed by atoms with Crippen molar-refractivity contribution in [3.63, 3.8) is 0 Å². The van der Waals surface area contributed by atoms with Gasteiger partial charge in [0.1, 0.15) is 0 Å². The molecule has 1 aliphatic heterocycles. The lowest BCUT2D eigenvalue weighted by atomic mass is 9.89. The van der Waals surface area contributed by atoms with Crippen molar-refractivity contribution in [1.82, 2.24) is 10.6 Å². The highest BCUT2D eigenvalue weighted by molar-refractivity contribution is 5.96. The number of amides is 1. The number of hydrogen-bond donors (Lipinski definition) is 2.